The molecular weight excluding hydrogens is 376 g/mol. The van der Waals surface area contributed by atoms with Crippen molar-refractivity contribution < 1.29 is 4.79 Å². The molecule has 0 heterocycles. The number of Topliss-reactive ketones (excluding diaryl/α,β-unsaturated/α-hetero) is 1. The summed E-state index contributed by atoms with van der Waals surface area (Å²) in [5, 5.41) is 0.631. The molecule has 0 saturated heterocycles. The molecule has 0 N–H and O–H groups in total. The topological polar surface area (TPSA) is 17.1 Å². The minimum atomic E-state index is -0.131. The summed E-state index contributed by atoms with van der Waals surface area (Å²) in [4.78, 5) is 13.6. The summed E-state index contributed by atoms with van der Waals surface area (Å²) in [5.41, 5.74) is 7.19. The van der Waals surface area contributed by atoms with Crippen molar-refractivity contribution in [2.45, 2.75) is 37.5 Å². The molecule has 5 rings (SSSR count). The number of carbonyl (C=O) groups excluding carboxylic acids is 1. The Morgan fingerprint density at radius 3 is 2.41 bits per heavy atom. The molecule has 0 saturated carbocycles. The number of hydrogen-bond acceptors (Lipinski definition) is 1. The van der Waals surface area contributed by atoms with E-state index in [2.05, 4.69) is 48.5 Å². The Labute approximate surface area is 177 Å². The van der Waals surface area contributed by atoms with Gasteiger partial charge in [-0.25, -0.2) is 0 Å². The van der Waals surface area contributed by atoms with Gasteiger partial charge in [-0.1, -0.05) is 83.9 Å². The van der Waals surface area contributed by atoms with E-state index in [9.17, 15) is 4.79 Å². The first-order valence-corrected chi connectivity index (χ1v) is 10.8. The van der Waals surface area contributed by atoms with Crippen LogP contribution in [-0.2, 0) is 6.42 Å². The highest BCUT2D eigenvalue weighted by molar-refractivity contribution is 6.31. The molecule has 0 spiro atoms. The first-order chi connectivity index (χ1) is 14.2. The number of hydrogen-bond donors (Lipinski definition) is 0. The Morgan fingerprint density at radius 2 is 1.55 bits per heavy atom. The first-order valence-electron chi connectivity index (χ1n) is 10.4. The van der Waals surface area contributed by atoms with Gasteiger partial charge in [-0.2, -0.15) is 0 Å². The highest BCUT2D eigenvalue weighted by Gasteiger charge is 2.32. The van der Waals surface area contributed by atoms with Crippen LogP contribution in [0.1, 0.15) is 63.7 Å². The van der Waals surface area contributed by atoms with Crippen LogP contribution in [0.2, 0.25) is 5.02 Å². The second-order valence-electron chi connectivity index (χ2n) is 8.11. The van der Waals surface area contributed by atoms with Crippen molar-refractivity contribution in [3.63, 3.8) is 0 Å². The number of aryl methyl sites for hydroxylation is 1. The second kappa shape index (κ2) is 7.65. The summed E-state index contributed by atoms with van der Waals surface area (Å²) >= 11 is 6.34. The molecule has 2 heteroatoms. The van der Waals surface area contributed by atoms with Gasteiger partial charge in [0.15, 0.2) is 5.78 Å². The number of benzene rings is 3. The maximum Gasteiger partial charge on any atom is 0.170 e. The lowest BCUT2D eigenvalue weighted by Gasteiger charge is -2.28. The average Bonchev–Trinajstić information content (AvgIpc) is 2.93. The lowest BCUT2D eigenvalue weighted by atomic mass is 9.75. The normalized spacial score (nSPS) is 21.0. The zero-order valence-corrected chi connectivity index (χ0v) is 17.0. The van der Waals surface area contributed by atoms with Gasteiger partial charge in [0, 0.05) is 22.4 Å². The zero-order chi connectivity index (χ0) is 19.8. The SMILES string of the molecule is O=C1c2cc(Cl)ccc2C2CCc3ccccc3C=C2CCC1c1ccccc1. The zero-order valence-electron chi connectivity index (χ0n) is 16.3. The summed E-state index contributed by atoms with van der Waals surface area (Å²) < 4.78 is 0. The highest BCUT2D eigenvalue weighted by atomic mass is 35.5. The maximum atomic E-state index is 13.6. The van der Waals surface area contributed by atoms with Crippen LogP contribution in [0.15, 0.2) is 78.4 Å². The van der Waals surface area contributed by atoms with E-state index in [1.807, 2.05) is 30.3 Å². The van der Waals surface area contributed by atoms with Gasteiger partial charge in [0.1, 0.15) is 0 Å². The summed E-state index contributed by atoms with van der Waals surface area (Å²) in [6.45, 7) is 0. The van der Waals surface area contributed by atoms with Crippen LogP contribution in [-0.4, -0.2) is 5.78 Å². The summed E-state index contributed by atoms with van der Waals surface area (Å²) in [6.07, 6.45) is 6.20. The van der Waals surface area contributed by atoms with Crippen molar-refractivity contribution in [1.29, 1.82) is 0 Å². The predicted octanol–water partition coefficient (Wildman–Crippen LogP) is 7.21. The summed E-state index contributed by atoms with van der Waals surface area (Å²) in [5.74, 6) is 0.346. The van der Waals surface area contributed by atoms with Crippen LogP contribution < -0.4 is 0 Å². The van der Waals surface area contributed by atoms with Crippen molar-refractivity contribution in [2.75, 3.05) is 0 Å². The third kappa shape index (κ3) is 3.45. The number of allylic oxidation sites excluding steroid dienone is 1. The van der Waals surface area contributed by atoms with E-state index in [1.165, 1.54) is 16.7 Å². The molecule has 2 unspecified atom stereocenters. The quantitative estimate of drug-likeness (QED) is 0.423. The first kappa shape index (κ1) is 18.4. The number of halogens is 1. The molecule has 0 fully saturated rings. The van der Waals surface area contributed by atoms with E-state index >= 15 is 0 Å². The van der Waals surface area contributed by atoms with Crippen LogP contribution in [0.5, 0.6) is 0 Å². The molecule has 0 aliphatic heterocycles. The molecule has 3 aromatic carbocycles. The van der Waals surface area contributed by atoms with Crippen molar-refractivity contribution in [3.8, 4) is 0 Å². The van der Waals surface area contributed by atoms with Crippen molar-refractivity contribution in [3.05, 3.63) is 111 Å². The molecule has 2 aliphatic rings. The number of fused-ring (bicyclic) bond motifs is 4. The molecule has 1 nitrogen and oxygen atoms in total. The number of ketones is 1. The third-order valence-electron chi connectivity index (χ3n) is 6.44. The minimum absolute atomic E-state index is 0.131. The highest BCUT2D eigenvalue weighted by Crippen LogP contribution is 2.43. The summed E-state index contributed by atoms with van der Waals surface area (Å²) in [6, 6.07) is 24.8. The molecule has 3 aromatic rings. The van der Waals surface area contributed by atoms with E-state index in [0.717, 1.165) is 42.4 Å². The summed E-state index contributed by atoms with van der Waals surface area (Å²) in [7, 11) is 0. The lowest BCUT2D eigenvalue weighted by Crippen LogP contribution is -2.20. The average molecular weight is 399 g/mol. The smallest absolute Gasteiger partial charge is 0.170 e. The van der Waals surface area contributed by atoms with Gasteiger partial charge in [-0.3, -0.25) is 4.79 Å². The van der Waals surface area contributed by atoms with Gasteiger partial charge in [-0.05, 0) is 60.1 Å². The van der Waals surface area contributed by atoms with Gasteiger partial charge in [0.05, 0.1) is 0 Å². The van der Waals surface area contributed by atoms with Crippen LogP contribution >= 0.6 is 11.6 Å². The molecule has 2 aliphatic carbocycles. The molecule has 29 heavy (non-hydrogen) atoms. The van der Waals surface area contributed by atoms with E-state index < -0.39 is 0 Å². The standard InChI is InChI=1S/C27H23ClO/c28-22-12-15-25-23-13-10-18-6-4-5-9-20(18)16-21(23)11-14-24(27(29)26(25)17-22)19-7-2-1-3-8-19/h1-9,12,15-17,23-24H,10-11,13-14H2. The Hall–Kier alpha value is -2.64. The van der Waals surface area contributed by atoms with Crippen molar-refractivity contribution >= 4 is 23.5 Å². The van der Waals surface area contributed by atoms with Gasteiger partial charge in [0.2, 0.25) is 0 Å². The van der Waals surface area contributed by atoms with Crippen LogP contribution in [0.25, 0.3) is 6.08 Å². The van der Waals surface area contributed by atoms with E-state index in [4.69, 9.17) is 11.6 Å². The second-order valence-corrected chi connectivity index (χ2v) is 8.54. The molecule has 0 radical (unpaired) electrons. The fourth-order valence-corrected chi connectivity index (χ4v) is 5.14. The fraction of sp³-hybridized carbons (Fsp3) is 0.222. The van der Waals surface area contributed by atoms with Crippen molar-refractivity contribution in [2.24, 2.45) is 0 Å². The molecule has 0 amide bonds. The van der Waals surface area contributed by atoms with E-state index in [1.54, 1.807) is 0 Å². The molecule has 0 bridgehead atoms. The van der Waals surface area contributed by atoms with Gasteiger partial charge >= 0.3 is 0 Å². The monoisotopic (exact) mass is 398 g/mol. The molecule has 144 valence electrons. The fourth-order valence-electron chi connectivity index (χ4n) is 4.97. The Bertz CT molecular complexity index is 1100. The molecule has 0 aromatic heterocycles. The van der Waals surface area contributed by atoms with E-state index in [-0.39, 0.29) is 17.6 Å². The van der Waals surface area contributed by atoms with Crippen LogP contribution in [0.4, 0.5) is 0 Å². The van der Waals surface area contributed by atoms with Gasteiger partial charge in [-0.15, -0.1) is 0 Å². The third-order valence-corrected chi connectivity index (χ3v) is 6.68. The Morgan fingerprint density at radius 1 is 0.793 bits per heavy atom. The maximum absolute atomic E-state index is 13.6. The Kier molecular flexibility index (Phi) is 4.85. The predicted molar refractivity (Wildman–Crippen MR) is 120 cm³/mol. The lowest BCUT2D eigenvalue weighted by molar-refractivity contribution is 0.0952. The number of carbonyl (C=O) groups is 1. The molecule has 2 atom stereocenters. The Balaban J connectivity index is 1.67. The number of rotatable bonds is 1. The van der Waals surface area contributed by atoms with Crippen molar-refractivity contribution in [1.82, 2.24) is 0 Å². The molecular formula is C27H23ClO. The van der Waals surface area contributed by atoms with Crippen LogP contribution in [0, 0.1) is 0 Å². The van der Waals surface area contributed by atoms with E-state index in [0.29, 0.717) is 5.02 Å². The largest absolute Gasteiger partial charge is 0.293 e. The van der Waals surface area contributed by atoms with Gasteiger partial charge < -0.3 is 0 Å². The van der Waals surface area contributed by atoms with Gasteiger partial charge in [0.25, 0.3) is 0 Å². The minimum Gasteiger partial charge on any atom is -0.293 e. The van der Waals surface area contributed by atoms with Crippen LogP contribution in [0.3, 0.4) is 0 Å².